The predicted octanol–water partition coefficient (Wildman–Crippen LogP) is 3.60. The van der Waals surface area contributed by atoms with Crippen LogP contribution in [0.5, 0.6) is 0 Å². The van der Waals surface area contributed by atoms with E-state index >= 15 is 0 Å². The molecule has 0 atom stereocenters. The van der Waals surface area contributed by atoms with Crippen molar-refractivity contribution in [3.63, 3.8) is 0 Å². The van der Waals surface area contributed by atoms with Crippen molar-refractivity contribution in [2.75, 3.05) is 25.4 Å². The number of rotatable bonds is 10. The van der Waals surface area contributed by atoms with E-state index < -0.39 is 0 Å². The third-order valence-corrected chi connectivity index (χ3v) is 3.45. The van der Waals surface area contributed by atoms with Gasteiger partial charge in [-0.1, -0.05) is 19.8 Å². The Bertz CT molecular complexity index is 145. The molecule has 0 aromatic heterocycles. The molecule has 0 spiro atoms. The Morgan fingerprint density at radius 1 is 1.07 bits per heavy atom. The molecule has 1 rings (SSSR count). The number of thiol groups is 1. The number of hydrogen-bond acceptors (Lipinski definition) is 2. The van der Waals surface area contributed by atoms with Gasteiger partial charge in [-0.15, -0.1) is 0 Å². The van der Waals surface area contributed by atoms with E-state index in [-0.39, 0.29) is 0 Å². The second-order valence-corrected chi connectivity index (χ2v) is 5.33. The molecule has 0 amide bonds. The highest BCUT2D eigenvalue weighted by Crippen LogP contribution is 2.29. The molecule has 0 heterocycles. The first-order chi connectivity index (χ1) is 7.36. The Hall–Kier alpha value is 0.310. The van der Waals surface area contributed by atoms with E-state index in [1.165, 1.54) is 64.6 Å². The van der Waals surface area contributed by atoms with E-state index in [1.54, 1.807) is 0 Å². The average Bonchev–Trinajstić information content (AvgIpc) is 3.01. The normalized spacial score (nSPS) is 16.2. The summed E-state index contributed by atoms with van der Waals surface area (Å²) in [6, 6.07) is 0. The fraction of sp³-hybridized carbons (Fsp3) is 1.00. The highest BCUT2D eigenvalue weighted by molar-refractivity contribution is 7.80. The smallest absolute Gasteiger partial charge is 0.000966 e. The number of hydrogen-bond donors (Lipinski definition) is 1. The Morgan fingerprint density at radius 2 is 1.80 bits per heavy atom. The van der Waals surface area contributed by atoms with Crippen LogP contribution in [0.3, 0.4) is 0 Å². The summed E-state index contributed by atoms with van der Waals surface area (Å²) in [7, 11) is 0. The number of unbranched alkanes of at least 4 members (excludes halogenated alkanes) is 3. The van der Waals surface area contributed by atoms with Crippen LogP contribution in [0.2, 0.25) is 0 Å². The van der Waals surface area contributed by atoms with Crippen molar-refractivity contribution >= 4 is 12.6 Å². The fourth-order valence-electron chi connectivity index (χ4n) is 2.08. The van der Waals surface area contributed by atoms with Crippen LogP contribution in [0.4, 0.5) is 0 Å². The molecule has 1 fully saturated rings. The van der Waals surface area contributed by atoms with E-state index in [0.29, 0.717) is 0 Å². The van der Waals surface area contributed by atoms with Crippen LogP contribution in [0.15, 0.2) is 0 Å². The van der Waals surface area contributed by atoms with Gasteiger partial charge in [0.05, 0.1) is 0 Å². The molecule has 90 valence electrons. The summed E-state index contributed by atoms with van der Waals surface area (Å²) in [6.45, 7) is 6.31. The van der Waals surface area contributed by atoms with Crippen LogP contribution < -0.4 is 0 Å². The van der Waals surface area contributed by atoms with Gasteiger partial charge in [0, 0.05) is 6.54 Å². The van der Waals surface area contributed by atoms with Crippen molar-refractivity contribution in [3.05, 3.63) is 0 Å². The molecule has 0 bridgehead atoms. The number of nitrogens with zero attached hydrogens (tertiary/aromatic N) is 1. The Labute approximate surface area is 101 Å². The molecule has 0 unspecified atom stereocenters. The third-order valence-electron chi connectivity index (χ3n) is 3.14. The first-order valence-electron chi connectivity index (χ1n) is 6.70. The first-order valence-corrected chi connectivity index (χ1v) is 7.33. The Kier molecular flexibility index (Phi) is 7.54. The van der Waals surface area contributed by atoms with E-state index in [2.05, 4.69) is 24.5 Å². The first kappa shape index (κ1) is 13.4. The Balaban J connectivity index is 1.97. The van der Waals surface area contributed by atoms with Crippen LogP contribution in [-0.4, -0.2) is 30.3 Å². The van der Waals surface area contributed by atoms with Crippen LogP contribution in [-0.2, 0) is 0 Å². The lowest BCUT2D eigenvalue weighted by Gasteiger charge is -2.21. The second kappa shape index (κ2) is 8.46. The lowest BCUT2D eigenvalue weighted by Crippen LogP contribution is -2.28. The molecule has 1 nitrogen and oxygen atoms in total. The predicted molar refractivity (Wildman–Crippen MR) is 71.8 cm³/mol. The van der Waals surface area contributed by atoms with E-state index in [9.17, 15) is 0 Å². The molecule has 0 aromatic rings. The second-order valence-electron chi connectivity index (χ2n) is 4.88. The Morgan fingerprint density at radius 3 is 2.40 bits per heavy atom. The summed E-state index contributed by atoms with van der Waals surface area (Å²) in [5, 5.41) is 0. The van der Waals surface area contributed by atoms with Gasteiger partial charge in [0.1, 0.15) is 0 Å². The van der Waals surface area contributed by atoms with Crippen molar-refractivity contribution in [3.8, 4) is 0 Å². The van der Waals surface area contributed by atoms with Crippen LogP contribution in [0.1, 0.15) is 51.9 Å². The summed E-state index contributed by atoms with van der Waals surface area (Å²) in [6.07, 6.45) is 9.72. The summed E-state index contributed by atoms with van der Waals surface area (Å²) in [5.41, 5.74) is 0. The van der Waals surface area contributed by atoms with Gasteiger partial charge in [-0.05, 0) is 56.9 Å². The van der Waals surface area contributed by atoms with Gasteiger partial charge in [-0.3, -0.25) is 0 Å². The zero-order valence-corrected chi connectivity index (χ0v) is 11.1. The van der Waals surface area contributed by atoms with Gasteiger partial charge in [0.2, 0.25) is 0 Å². The average molecular weight is 229 g/mol. The summed E-state index contributed by atoms with van der Waals surface area (Å²) < 4.78 is 0. The SMILES string of the molecule is CCCN(CCCCCCS)CC1CC1. The van der Waals surface area contributed by atoms with Gasteiger partial charge in [0.15, 0.2) is 0 Å². The molecule has 0 saturated heterocycles. The quantitative estimate of drug-likeness (QED) is 0.442. The molecular weight excluding hydrogens is 202 g/mol. The summed E-state index contributed by atoms with van der Waals surface area (Å²) >= 11 is 4.24. The summed E-state index contributed by atoms with van der Waals surface area (Å²) in [4.78, 5) is 2.68. The molecule has 1 aliphatic rings. The van der Waals surface area contributed by atoms with Crippen LogP contribution >= 0.6 is 12.6 Å². The minimum absolute atomic E-state index is 1.05. The molecule has 0 aliphatic heterocycles. The zero-order valence-electron chi connectivity index (χ0n) is 10.2. The van der Waals surface area contributed by atoms with Crippen molar-refractivity contribution in [2.24, 2.45) is 5.92 Å². The molecule has 1 saturated carbocycles. The van der Waals surface area contributed by atoms with E-state index in [0.717, 1.165) is 11.7 Å². The van der Waals surface area contributed by atoms with E-state index in [1.807, 2.05) is 0 Å². The molecular formula is C13H27NS. The maximum atomic E-state index is 4.24. The van der Waals surface area contributed by atoms with Crippen LogP contribution in [0, 0.1) is 5.92 Å². The third kappa shape index (κ3) is 7.24. The highest BCUT2D eigenvalue weighted by Gasteiger charge is 2.23. The minimum Gasteiger partial charge on any atom is -0.303 e. The molecule has 0 aromatic carbocycles. The van der Waals surface area contributed by atoms with Crippen molar-refractivity contribution in [1.29, 1.82) is 0 Å². The van der Waals surface area contributed by atoms with Gasteiger partial charge < -0.3 is 4.90 Å². The standard InChI is InChI=1S/C13H27NS/c1-2-9-14(12-13-7-8-13)10-5-3-4-6-11-15/h13,15H,2-12H2,1H3. The molecule has 2 heteroatoms. The van der Waals surface area contributed by atoms with Crippen LogP contribution in [0.25, 0.3) is 0 Å². The topological polar surface area (TPSA) is 3.24 Å². The molecule has 1 aliphatic carbocycles. The maximum Gasteiger partial charge on any atom is 0.000966 e. The van der Waals surface area contributed by atoms with Crippen molar-refractivity contribution < 1.29 is 0 Å². The largest absolute Gasteiger partial charge is 0.303 e. The maximum absolute atomic E-state index is 4.24. The zero-order chi connectivity index (χ0) is 10.9. The fourth-order valence-corrected chi connectivity index (χ4v) is 2.30. The minimum atomic E-state index is 1.05. The monoisotopic (exact) mass is 229 g/mol. The van der Waals surface area contributed by atoms with Crippen molar-refractivity contribution in [2.45, 2.75) is 51.9 Å². The van der Waals surface area contributed by atoms with Crippen molar-refractivity contribution in [1.82, 2.24) is 4.90 Å². The highest BCUT2D eigenvalue weighted by atomic mass is 32.1. The van der Waals surface area contributed by atoms with E-state index in [4.69, 9.17) is 0 Å². The van der Waals surface area contributed by atoms with Gasteiger partial charge >= 0.3 is 0 Å². The molecule has 15 heavy (non-hydrogen) atoms. The molecule has 0 N–H and O–H groups in total. The molecule has 0 radical (unpaired) electrons. The van der Waals surface area contributed by atoms with Gasteiger partial charge in [-0.2, -0.15) is 12.6 Å². The van der Waals surface area contributed by atoms with Gasteiger partial charge in [0.25, 0.3) is 0 Å². The lowest BCUT2D eigenvalue weighted by molar-refractivity contribution is 0.257. The summed E-state index contributed by atoms with van der Waals surface area (Å²) in [5.74, 6) is 2.11. The van der Waals surface area contributed by atoms with Gasteiger partial charge in [-0.25, -0.2) is 0 Å². The lowest BCUT2D eigenvalue weighted by atomic mass is 10.2.